The van der Waals surface area contributed by atoms with Crippen molar-refractivity contribution in [3.05, 3.63) is 59.2 Å². The molecule has 0 radical (unpaired) electrons. The van der Waals surface area contributed by atoms with E-state index >= 15 is 0 Å². The molecule has 1 fully saturated rings. The molecule has 0 spiro atoms. The van der Waals surface area contributed by atoms with E-state index < -0.39 is 15.8 Å². The van der Waals surface area contributed by atoms with Gasteiger partial charge in [-0.05, 0) is 72.2 Å². The van der Waals surface area contributed by atoms with Gasteiger partial charge in [-0.15, -0.1) is 0 Å². The second-order valence-corrected chi connectivity index (χ2v) is 14.2. The normalized spacial score (nSPS) is 14.3. The summed E-state index contributed by atoms with van der Waals surface area (Å²) in [5, 5.41) is 13.6. The molecule has 3 N–H and O–H groups in total. The monoisotopic (exact) mass is 596 g/mol. The van der Waals surface area contributed by atoms with E-state index in [-0.39, 0.29) is 43.4 Å². The van der Waals surface area contributed by atoms with E-state index in [2.05, 4.69) is 37.4 Å². The number of carboxylic acid groups (broad SMARTS) is 1. The summed E-state index contributed by atoms with van der Waals surface area (Å²) in [5.74, 6) is 1.53. The van der Waals surface area contributed by atoms with Gasteiger partial charge in [0.1, 0.15) is 9.84 Å². The molecule has 0 aliphatic heterocycles. The Bertz CT molecular complexity index is 1200. The molecule has 1 aliphatic rings. The SMILES string of the molecule is CCSCC(CC1CCCCC1)NCc1ccc(C(N)=O)c(-c2ccccc2C)c1.CS(=O)(=O)CCCC(=O)[O-].[Li+]. The van der Waals surface area contributed by atoms with Crippen LogP contribution in [0.3, 0.4) is 0 Å². The van der Waals surface area contributed by atoms with Crippen LogP contribution in [0.2, 0.25) is 0 Å². The largest absolute Gasteiger partial charge is 1.00 e. The number of benzene rings is 2. The van der Waals surface area contributed by atoms with Gasteiger partial charge in [0, 0.05) is 36.1 Å². The van der Waals surface area contributed by atoms with Gasteiger partial charge in [-0.3, -0.25) is 4.79 Å². The van der Waals surface area contributed by atoms with E-state index in [1.54, 1.807) is 0 Å². The van der Waals surface area contributed by atoms with Gasteiger partial charge in [0.05, 0.1) is 5.75 Å². The maximum Gasteiger partial charge on any atom is 1.00 e. The van der Waals surface area contributed by atoms with Crippen LogP contribution < -0.4 is 35.0 Å². The molecule has 1 saturated carbocycles. The third-order valence-corrected chi connectivity index (χ3v) is 9.22. The molecule has 0 saturated heterocycles. The van der Waals surface area contributed by atoms with Crippen molar-refractivity contribution in [1.29, 1.82) is 0 Å². The summed E-state index contributed by atoms with van der Waals surface area (Å²) in [5.41, 5.74) is 10.6. The number of thioether (sulfide) groups is 1. The number of aliphatic carboxylic acids is 1. The number of carbonyl (C=O) groups excluding carboxylic acids is 2. The van der Waals surface area contributed by atoms with Crippen LogP contribution in [0.15, 0.2) is 42.5 Å². The van der Waals surface area contributed by atoms with Crippen LogP contribution in [-0.4, -0.2) is 49.9 Å². The number of aryl methyl sites for hydroxylation is 1. The number of rotatable bonds is 14. The third kappa shape index (κ3) is 14.8. The van der Waals surface area contributed by atoms with Gasteiger partial charge >= 0.3 is 18.9 Å². The Morgan fingerprint density at radius 2 is 1.78 bits per heavy atom. The molecular weight excluding hydrogens is 551 g/mol. The number of sulfone groups is 1. The van der Waals surface area contributed by atoms with Gasteiger partial charge in [0.2, 0.25) is 5.91 Å². The summed E-state index contributed by atoms with van der Waals surface area (Å²) < 4.78 is 20.8. The molecule has 1 amide bonds. The molecule has 0 bridgehead atoms. The van der Waals surface area contributed by atoms with E-state index in [1.165, 1.54) is 44.1 Å². The van der Waals surface area contributed by atoms with Gasteiger partial charge in [0.25, 0.3) is 0 Å². The molecule has 41 heavy (non-hydrogen) atoms. The van der Waals surface area contributed by atoms with Crippen molar-refractivity contribution in [3.8, 4) is 11.1 Å². The van der Waals surface area contributed by atoms with Crippen molar-refractivity contribution in [3.63, 3.8) is 0 Å². The first-order chi connectivity index (χ1) is 19.0. The summed E-state index contributed by atoms with van der Waals surface area (Å²) in [4.78, 5) is 21.8. The quantitative estimate of drug-likeness (QED) is 0.316. The van der Waals surface area contributed by atoms with Crippen molar-refractivity contribution in [2.45, 2.75) is 77.8 Å². The van der Waals surface area contributed by atoms with Crippen molar-refractivity contribution in [1.82, 2.24) is 5.32 Å². The molecule has 2 aromatic rings. The number of carbonyl (C=O) groups is 2. The zero-order valence-electron chi connectivity index (χ0n) is 25.1. The van der Waals surface area contributed by atoms with E-state index in [0.717, 1.165) is 46.9 Å². The Kier molecular flexibility index (Phi) is 17.7. The van der Waals surface area contributed by atoms with E-state index in [0.29, 0.717) is 11.6 Å². The minimum absolute atomic E-state index is 0. The van der Waals surface area contributed by atoms with Gasteiger partial charge in [-0.2, -0.15) is 11.8 Å². The van der Waals surface area contributed by atoms with Crippen LogP contribution in [0.5, 0.6) is 0 Å². The van der Waals surface area contributed by atoms with E-state index in [9.17, 15) is 23.1 Å². The molecule has 0 aromatic heterocycles. The second kappa shape index (κ2) is 19.4. The van der Waals surface area contributed by atoms with Crippen LogP contribution >= 0.6 is 11.8 Å². The second-order valence-electron chi connectivity index (χ2n) is 10.6. The number of primary amides is 1. The van der Waals surface area contributed by atoms with Crippen LogP contribution in [-0.2, 0) is 21.2 Å². The maximum atomic E-state index is 12.0. The van der Waals surface area contributed by atoms with Crippen molar-refractivity contribution < 1.29 is 42.0 Å². The zero-order valence-corrected chi connectivity index (χ0v) is 26.7. The van der Waals surface area contributed by atoms with Gasteiger partial charge < -0.3 is 21.0 Å². The van der Waals surface area contributed by atoms with Crippen LogP contribution in [0, 0.1) is 12.8 Å². The third-order valence-electron chi connectivity index (χ3n) is 7.14. The fourth-order valence-electron chi connectivity index (χ4n) is 5.05. The number of hydrogen-bond acceptors (Lipinski definition) is 7. The smallest absolute Gasteiger partial charge is 0.550 e. The molecule has 10 heteroatoms. The molecule has 222 valence electrons. The molecule has 1 aliphatic carbocycles. The first-order valence-corrected chi connectivity index (χ1v) is 17.4. The molecule has 7 nitrogen and oxygen atoms in total. The molecule has 1 unspecified atom stereocenters. The fourth-order valence-corrected chi connectivity index (χ4v) is 6.49. The minimum atomic E-state index is -3.01. The Morgan fingerprint density at radius 1 is 1.10 bits per heavy atom. The Hall–Kier alpha value is -1.76. The molecule has 2 aromatic carbocycles. The topological polar surface area (TPSA) is 129 Å². The Balaban J connectivity index is 0.000000656. The Labute approximate surface area is 262 Å². The van der Waals surface area contributed by atoms with Gasteiger partial charge in [-0.25, -0.2) is 8.42 Å². The van der Waals surface area contributed by atoms with Crippen molar-refractivity contribution >= 4 is 33.5 Å². The average molecular weight is 597 g/mol. The van der Waals surface area contributed by atoms with Crippen LogP contribution in [0.4, 0.5) is 0 Å². The summed E-state index contributed by atoms with van der Waals surface area (Å²) in [6.45, 7) is 5.13. The number of hydrogen-bond donors (Lipinski definition) is 2. The summed E-state index contributed by atoms with van der Waals surface area (Å²) in [6.07, 6.45) is 9.28. The zero-order chi connectivity index (χ0) is 29.5. The molecule has 0 heterocycles. The first-order valence-electron chi connectivity index (χ1n) is 14.2. The maximum absolute atomic E-state index is 12.0. The molecule has 1 atom stereocenters. The van der Waals surface area contributed by atoms with Gasteiger partial charge in [0.15, 0.2) is 0 Å². The van der Waals surface area contributed by atoms with Crippen LogP contribution in [0.1, 0.15) is 79.8 Å². The molecule has 3 rings (SSSR count). The minimum Gasteiger partial charge on any atom is -0.550 e. The van der Waals surface area contributed by atoms with Gasteiger partial charge in [-0.1, -0.05) is 69.4 Å². The van der Waals surface area contributed by atoms with Crippen LogP contribution in [0.25, 0.3) is 11.1 Å². The average Bonchev–Trinajstić information content (AvgIpc) is 2.90. The number of amides is 1. The van der Waals surface area contributed by atoms with Crippen molar-refractivity contribution in [2.75, 3.05) is 23.5 Å². The van der Waals surface area contributed by atoms with E-state index in [1.807, 2.05) is 36.0 Å². The summed E-state index contributed by atoms with van der Waals surface area (Å²) >= 11 is 2.02. The molecular formula is C31H45LiN2O5S2. The summed E-state index contributed by atoms with van der Waals surface area (Å²) in [7, 11) is -3.01. The Morgan fingerprint density at radius 3 is 2.37 bits per heavy atom. The number of nitrogens with one attached hydrogen (secondary N) is 1. The first kappa shape index (κ1) is 37.3. The fraction of sp³-hybridized carbons (Fsp3) is 0.548. The standard InChI is InChI=1S/C26H36N2OS.C5H10O4S.Li/c1-3-30-18-22(15-20-10-5-4-6-11-20)28-17-21-13-14-24(26(27)29)25(16-21)23-12-8-7-9-19(23)2;1-10(8,9)4-2-3-5(6)7;/h7-9,12-14,16,20,22,28H,3-6,10-11,15,17-18H2,1-2H3,(H2,27,29);2-4H2,1H3,(H,6,7);/q;;+1/p-1. The predicted octanol–water partition coefficient (Wildman–Crippen LogP) is 1.51. The predicted molar refractivity (Wildman–Crippen MR) is 164 cm³/mol. The number of nitrogens with two attached hydrogens (primary N) is 1. The van der Waals surface area contributed by atoms with Crippen molar-refractivity contribution in [2.24, 2.45) is 11.7 Å². The van der Waals surface area contributed by atoms with E-state index in [4.69, 9.17) is 5.73 Å². The number of carboxylic acids is 1. The summed E-state index contributed by atoms with van der Waals surface area (Å²) in [6, 6.07) is 14.8.